The van der Waals surface area contributed by atoms with Crippen molar-refractivity contribution in [2.75, 3.05) is 13.1 Å². The molecule has 0 amide bonds. The van der Waals surface area contributed by atoms with E-state index in [4.69, 9.17) is 0 Å². The Morgan fingerprint density at radius 1 is 1.30 bits per heavy atom. The van der Waals surface area contributed by atoms with Gasteiger partial charge in [0.1, 0.15) is 17.0 Å². The zero-order chi connectivity index (χ0) is 19.0. The first-order valence-electron chi connectivity index (χ1n) is 8.41. The van der Waals surface area contributed by atoms with Crippen molar-refractivity contribution >= 4 is 11.0 Å². The Hall–Kier alpha value is -2.88. The van der Waals surface area contributed by atoms with Crippen LogP contribution in [0.3, 0.4) is 0 Å². The van der Waals surface area contributed by atoms with Crippen molar-refractivity contribution in [2.24, 2.45) is 0 Å². The molecule has 0 aliphatic carbocycles. The molecule has 2 N–H and O–H groups in total. The zero-order valence-electron chi connectivity index (χ0n) is 14.1. The summed E-state index contributed by atoms with van der Waals surface area (Å²) in [5.41, 5.74) is 0.323. The number of hydrogen-bond acceptors (Lipinski definition) is 5. The molecule has 0 saturated carbocycles. The number of ether oxygens (including phenoxy) is 1. The number of rotatable bonds is 4. The maximum absolute atomic E-state index is 12.6. The highest BCUT2D eigenvalue weighted by Gasteiger charge is 2.32. The van der Waals surface area contributed by atoms with E-state index in [1.165, 1.54) is 24.4 Å². The first-order chi connectivity index (χ1) is 12.9. The van der Waals surface area contributed by atoms with Crippen molar-refractivity contribution in [3.05, 3.63) is 52.2 Å². The topological polar surface area (TPSA) is 84.8 Å². The monoisotopic (exact) mass is 379 g/mol. The molecule has 0 bridgehead atoms. The minimum atomic E-state index is -4.80. The minimum Gasteiger partial charge on any atom is -0.405 e. The molecule has 10 heteroatoms. The fourth-order valence-electron chi connectivity index (χ4n) is 3.24. The van der Waals surface area contributed by atoms with Crippen LogP contribution in [0.15, 0.2) is 35.3 Å². The molecule has 0 radical (unpaired) electrons. The number of nitrogens with zero attached hydrogens (tertiary/aromatic N) is 3. The van der Waals surface area contributed by atoms with Gasteiger partial charge in [0.15, 0.2) is 5.65 Å². The van der Waals surface area contributed by atoms with E-state index in [2.05, 4.69) is 25.1 Å². The maximum atomic E-state index is 12.6. The fraction of sp³-hybridized carbons (Fsp3) is 0.353. The SMILES string of the molecule is O=c1[nH]c(Cc2ccccc2OC(F)(F)F)nc2c1cnn2C1CCNC1. The highest BCUT2D eigenvalue weighted by atomic mass is 19.4. The number of fused-ring (bicyclic) bond motifs is 1. The molecule has 1 saturated heterocycles. The molecule has 1 unspecified atom stereocenters. The smallest absolute Gasteiger partial charge is 0.405 e. The van der Waals surface area contributed by atoms with Gasteiger partial charge in [0.25, 0.3) is 5.56 Å². The molecule has 1 fully saturated rings. The van der Waals surface area contributed by atoms with Crippen LogP contribution in [0.1, 0.15) is 23.9 Å². The third-order valence-electron chi connectivity index (χ3n) is 4.45. The van der Waals surface area contributed by atoms with Gasteiger partial charge in [-0.05, 0) is 19.0 Å². The average molecular weight is 379 g/mol. The lowest BCUT2D eigenvalue weighted by atomic mass is 10.1. The highest BCUT2D eigenvalue weighted by Crippen LogP contribution is 2.27. The van der Waals surface area contributed by atoms with Crippen molar-refractivity contribution in [3.8, 4) is 5.75 Å². The van der Waals surface area contributed by atoms with Gasteiger partial charge in [-0.15, -0.1) is 13.2 Å². The summed E-state index contributed by atoms with van der Waals surface area (Å²) in [6.45, 7) is 1.58. The second kappa shape index (κ2) is 6.69. The van der Waals surface area contributed by atoms with Crippen LogP contribution in [0.25, 0.3) is 11.0 Å². The Bertz CT molecular complexity index is 1020. The van der Waals surface area contributed by atoms with Crippen molar-refractivity contribution in [2.45, 2.75) is 25.2 Å². The number of nitrogens with one attached hydrogen (secondary N) is 2. The quantitative estimate of drug-likeness (QED) is 0.726. The Labute approximate surface area is 151 Å². The van der Waals surface area contributed by atoms with Gasteiger partial charge in [-0.1, -0.05) is 18.2 Å². The fourth-order valence-corrected chi connectivity index (χ4v) is 3.24. The summed E-state index contributed by atoms with van der Waals surface area (Å²) in [5.74, 6) is -0.0697. The third-order valence-corrected chi connectivity index (χ3v) is 4.45. The second-order valence-corrected chi connectivity index (χ2v) is 6.32. The Morgan fingerprint density at radius 3 is 2.85 bits per heavy atom. The number of alkyl halides is 3. The lowest BCUT2D eigenvalue weighted by molar-refractivity contribution is -0.274. The van der Waals surface area contributed by atoms with Crippen LogP contribution in [-0.4, -0.2) is 39.2 Å². The lowest BCUT2D eigenvalue weighted by Gasteiger charge is -2.13. The molecule has 1 aliphatic heterocycles. The lowest BCUT2D eigenvalue weighted by Crippen LogP contribution is -2.19. The van der Waals surface area contributed by atoms with Gasteiger partial charge in [-0.3, -0.25) is 4.79 Å². The number of aromatic nitrogens is 4. The van der Waals surface area contributed by atoms with E-state index >= 15 is 0 Å². The molecule has 1 aliphatic rings. The molecular formula is C17H16F3N5O2. The number of para-hydroxylation sites is 1. The van der Waals surface area contributed by atoms with Crippen LogP contribution in [-0.2, 0) is 6.42 Å². The van der Waals surface area contributed by atoms with E-state index in [9.17, 15) is 18.0 Å². The second-order valence-electron chi connectivity index (χ2n) is 6.32. The maximum Gasteiger partial charge on any atom is 0.573 e. The Kier molecular flexibility index (Phi) is 4.34. The summed E-state index contributed by atoms with van der Waals surface area (Å²) in [6.07, 6.45) is -2.48. The van der Waals surface area contributed by atoms with Gasteiger partial charge in [-0.2, -0.15) is 5.10 Å². The molecule has 7 nitrogen and oxygen atoms in total. The van der Waals surface area contributed by atoms with E-state index in [1.807, 2.05) is 0 Å². The summed E-state index contributed by atoms with van der Waals surface area (Å²) in [6, 6.07) is 5.87. The summed E-state index contributed by atoms with van der Waals surface area (Å²) in [5, 5.41) is 7.85. The van der Waals surface area contributed by atoms with Gasteiger partial charge in [0, 0.05) is 18.5 Å². The van der Waals surface area contributed by atoms with Gasteiger partial charge in [-0.25, -0.2) is 9.67 Å². The first kappa shape index (κ1) is 17.5. The average Bonchev–Trinajstić information content (AvgIpc) is 3.24. The van der Waals surface area contributed by atoms with Crippen LogP contribution >= 0.6 is 0 Å². The molecule has 142 valence electrons. The number of aromatic amines is 1. The van der Waals surface area contributed by atoms with Crippen molar-refractivity contribution < 1.29 is 17.9 Å². The van der Waals surface area contributed by atoms with E-state index < -0.39 is 6.36 Å². The van der Waals surface area contributed by atoms with Crippen LogP contribution in [0.5, 0.6) is 5.75 Å². The Morgan fingerprint density at radius 2 is 2.11 bits per heavy atom. The van der Waals surface area contributed by atoms with Gasteiger partial charge < -0.3 is 15.0 Å². The van der Waals surface area contributed by atoms with E-state index in [-0.39, 0.29) is 35.2 Å². The molecule has 3 heterocycles. The first-order valence-corrected chi connectivity index (χ1v) is 8.41. The summed E-state index contributed by atoms with van der Waals surface area (Å²) >= 11 is 0. The van der Waals surface area contributed by atoms with Crippen molar-refractivity contribution in [3.63, 3.8) is 0 Å². The Balaban J connectivity index is 1.71. The molecule has 3 aromatic rings. The predicted octanol–water partition coefficient (Wildman–Crippen LogP) is 2.14. The molecule has 27 heavy (non-hydrogen) atoms. The van der Waals surface area contributed by atoms with Crippen LogP contribution < -0.4 is 15.6 Å². The molecule has 0 spiro atoms. The van der Waals surface area contributed by atoms with Crippen LogP contribution in [0.4, 0.5) is 13.2 Å². The largest absolute Gasteiger partial charge is 0.573 e. The van der Waals surface area contributed by atoms with Crippen LogP contribution in [0, 0.1) is 0 Å². The normalized spacial score (nSPS) is 17.5. The summed E-state index contributed by atoms with van der Waals surface area (Å²) in [4.78, 5) is 19.4. The molecular weight excluding hydrogens is 363 g/mol. The molecule has 4 rings (SSSR count). The summed E-state index contributed by atoms with van der Waals surface area (Å²) < 4.78 is 43.6. The van der Waals surface area contributed by atoms with Crippen molar-refractivity contribution in [1.82, 2.24) is 25.1 Å². The predicted molar refractivity (Wildman–Crippen MR) is 90.6 cm³/mol. The van der Waals surface area contributed by atoms with E-state index in [0.29, 0.717) is 11.0 Å². The number of benzene rings is 1. The van der Waals surface area contributed by atoms with Crippen molar-refractivity contribution in [1.29, 1.82) is 0 Å². The number of halogens is 3. The van der Waals surface area contributed by atoms with E-state index in [1.54, 1.807) is 10.7 Å². The molecule has 1 atom stereocenters. The molecule has 2 aromatic heterocycles. The van der Waals surface area contributed by atoms with Gasteiger partial charge in [0.05, 0.1) is 12.2 Å². The standard InChI is InChI=1S/C17H16F3N5O2/c18-17(19,20)27-13-4-2-1-3-10(13)7-14-23-15-12(16(26)24-14)9-22-25(15)11-5-6-21-8-11/h1-4,9,11,21H,5-8H2,(H,23,24,26). The van der Waals surface area contributed by atoms with Gasteiger partial charge >= 0.3 is 6.36 Å². The zero-order valence-corrected chi connectivity index (χ0v) is 14.1. The summed E-state index contributed by atoms with van der Waals surface area (Å²) in [7, 11) is 0. The number of hydrogen-bond donors (Lipinski definition) is 2. The highest BCUT2D eigenvalue weighted by molar-refractivity contribution is 5.73. The van der Waals surface area contributed by atoms with Crippen LogP contribution in [0.2, 0.25) is 0 Å². The molecule has 1 aromatic carbocycles. The van der Waals surface area contributed by atoms with E-state index in [0.717, 1.165) is 19.5 Å². The number of H-pyrrole nitrogens is 1. The van der Waals surface area contributed by atoms with Gasteiger partial charge in [0.2, 0.25) is 0 Å². The third kappa shape index (κ3) is 3.65. The minimum absolute atomic E-state index is 0.00840.